The molecule has 0 amide bonds. The molecule has 0 radical (unpaired) electrons. The van der Waals surface area contributed by atoms with E-state index in [0.29, 0.717) is 10.0 Å². The molecule has 8 heteroatoms. The van der Waals surface area contributed by atoms with E-state index in [-0.39, 0.29) is 0 Å². The summed E-state index contributed by atoms with van der Waals surface area (Å²) >= 11 is 3.24. The summed E-state index contributed by atoms with van der Waals surface area (Å²) in [6, 6.07) is 3.37. The minimum absolute atomic E-state index is 0.299. The average molecular weight is 380 g/mol. The molecule has 0 aliphatic carbocycles. The standard InChI is InChI=1S/C14H18BBrF3NO2/c1-12(2)13(3,4)22-15(21-12)11(20)9-7-8(14(17,18)19)5-6-10(9)16/h5-7,11H,20H2,1-4H3/t11-/m0/s1. The molecule has 0 saturated carbocycles. The third-order valence-corrected chi connectivity index (χ3v) is 4.97. The molecule has 1 aliphatic rings. The number of hydrogen-bond acceptors (Lipinski definition) is 3. The predicted octanol–water partition coefficient (Wildman–Crippen LogP) is 4.10. The smallest absolute Gasteiger partial charge is 0.402 e. The van der Waals surface area contributed by atoms with Crippen LogP contribution in [0.25, 0.3) is 0 Å². The van der Waals surface area contributed by atoms with Crippen molar-refractivity contribution in [2.24, 2.45) is 5.73 Å². The molecule has 1 heterocycles. The van der Waals surface area contributed by atoms with Gasteiger partial charge in [-0.25, -0.2) is 0 Å². The van der Waals surface area contributed by atoms with Crippen LogP contribution in [0.2, 0.25) is 0 Å². The van der Waals surface area contributed by atoms with Crippen molar-refractivity contribution < 1.29 is 22.5 Å². The Hall–Kier alpha value is -0.565. The lowest BCUT2D eigenvalue weighted by Crippen LogP contribution is -2.41. The van der Waals surface area contributed by atoms with Crippen LogP contribution in [0.4, 0.5) is 13.2 Å². The summed E-state index contributed by atoms with van der Waals surface area (Å²) < 4.78 is 50.7. The quantitative estimate of drug-likeness (QED) is 0.787. The molecule has 1 aromatic rings. The first kappa shape index (κ1) is 17.8. The monoisotopic (exact) mass is 379 g/mol. The fourth-order valence-electron chi connectivity index (χ4n) is 2.16. The molecular weight excluding hydrogens is 362 g/mol. The SMILES string of the molecule is CC1(C)OB([C@@H](N)c2cc(C(F)(F)F)ccc2Br)OC1(C)C. The van der Waals surface area contributed by atoms with Crippen molar-refractivity contribution in [2.75, 3.05) is 0 Å². The Balaban J connectivity index is 2.33. The van der Waals surface area contributed by atoms with E-state index in [2.05, 4.69) is 15.9 Å². The molecule has 1 aliphatic heterocycles. The van der Waals surface area contributed by atoms with E-state index >= 15 is 0 Å². The molecule has 0 bridgehead atoms. The summed E-state index contributed by atoms with van der Waals surface area (Å²) in [6.45, 7) is 7.45. The zero-order valence-electron chi connectivity index (χ0n) is 12.8. The summed E-state index contributed by atoms with van der Waals surface area (Å²) in [6.07, 6.45) is -4.43. The second-order valence-electron chi connectivity index (χ2n) is 6.38. The van der Waals surface area contributed by atoms with Gasteiger partial charge in [-0.2, -0.15) is 13.2 Å². The molecule has 2 rings (SSSR count). The van der Waals surface area contributed by atoms with E-state index in [4.69, 9.17) is 15.0 Å². The second kappa shape index (κ2) is 5.51. The van der Waals surface area contributed by atoms with Gasteiger partial charge in [-0.3, -0.25) is 0 Å². The minimum Gasteiger partial charge on any atom is -0.402 e. The molecule has 0 spiro atoms. The molecule has 0 aromatic heterocycles. The molecule has 1 atom stereocenters. The molecule has 1 aromatic carbocycles. The Morgan fingerprint density at radius 1 is 1.14 bits per heavy atom. The maximum atomic E-state index is 12.9. The van der Waals surface area contributed by atoms with E-state index in [0.717, 1.165) is 12.1 Å². The first-order valence-corrected chi connectivity index (χ1v) is 7.62. The van der Waals surface area contributed by atoms with Crippen molar-refractivity contribution in [3.05, 3.63) is 33.8 Å². The highest BCUT2D eigenvalue weighted by molar-refractivity contribution is 9.10. The molecule has 122 valence electrons. The Morgan fingerprint density at radius 3 is 2.09 bits per heavy atom. The van der Waals surface area contributed by atoms with Crippen LogP contribution >= 0.6 is 15.9 Å². The fourth-order valence-corrected chi connectivity index (χ4v) is 2.67. The van der Waals surface area contributed by atoms with E-state index in [1.807, 2.05) is 27.7 Å². The number of halogens is 4. The van der Waals surface area contributed by atoms with Gasteiger partial charge in [0.25, 0.3) is 0 Å². The first-order chi connectivity index (χ1) is 9.85. The lowest BCUT2D eigenvalue weighted by atomic mass is 9.74. The first-order valence-electron chi connectivity index (χ1n) is 6.83. The summed E-state index contributed by atoms with van der Waals surface area (Å²) in [7, 11) is -0.815. The molecule has 3 nitrogen and oxygen atoms in total. The van der Waals surface area contributed by atoms with E-state index in [1.165, 1.54) is 6.07 Å². The van der Waals surface area contributed by atoms with E-state index in [9.17, 15) is 13.2 Å². The van der Waals surface area contributed by atoms with Gasteiger partial charge < -0.3 is 15.0 Å². The van der Waals surface area contributed by atoms with Crippen molar-refractivity contribution in [3.63, 3.8) is 0 Å². The van der Waals surface area contributed by atoms with Crippen molar-refractivity contribution in [2.45, 2.75) is 51.0 Å². The molecular formula is C14H18BBrF3NO2. The van der Waals surface area contributed by atoms with Gasteiger partial charge >= 0.3 is 13.3 Å². The highest BCUT2D eigenvalue weighted by atomic mass is 79.9. The second-order valence-corrected chi connectivity index (χ2v) is 7.24. The van der Waals surface area contributed by atoms with Gasteiger partial charge in [-0.1, -0.05) is 15.9 Å². The zero-order valence-corrected chi connectivity index (χ0v) is 14.4. The Bertz CT molecular complexity index is 562. The Labute approximate surface area is 136 Å². The van der Waals surface area contributed by atoms with Crippen LogP contribution < -0.4 is 5.73 Å². The zero-order chi connectivity index (χ0) is 16.9. The number of alkyl halides is 3. The molecule has 1 fully saturated rings. The summed E-state index contributed by atoms with van der Waals surface area (Å²) in [5, 5.41) is 0. The van der Waals surface area contributed by atoms with Crippen LogP contribution in [0, 0.1) is 0 Å². The fraction of sp³-hybridized carbons (Fsp3) is 0.571. The van der Waals surface area contributed by atoms with Crippen LogP contribution in [0.5, 0.6) is 0 Å². The third kappa shape index (κ3) is 3.20. The molecule has 22 heavy (non-hydrogen) atoms. The van der Waals surface area contributed by atoms with Gasteiger partial charge in [-0.05, 0) is 51.5 Å². The van der Waals surface area contributed by atoms with Gasteiger partial charge in [0.1, 0.15) is 0 Å². The van der Waals surface area contributed by atoms with Crippen molar-refractivity contribution in [1.29, 1.82) is 0 Å². The largest absolute Gasteiger partial charge is 0.480 e. The van der Waals surface area contributed by atoms with Gasteiger partial charge in [-0.15, -0.1) is 0 Å². The Kier molecular flexibility index (Phi) is 4.45. The van der Waals surface area contributed by atoms with Crippen molar-refractivity contribution >= 4 is 23.0 Å². The van der Waals surface area contributed by atoms with Crippen LogP contribution in [-0.4, -0.2) is 18.3 Å². The van der Waals surface area contributed by atoms with Gasteiger partial charge in [0.15, 0.2) is 0 Å². The minimum atomic E-state index is -4.43. The lowest BCUT2D eigenvalue weighted by Gasteiger charge is -2.32. The highest BCUT2D eigenvalue weighted by Crippen LogP contribution is 2.41. The number of rotatable bonds is 2. The maximum absolute atomic E-state index is 12.9. The average Bonchev–Trinajstić information content (AvgIpc) is 2.56. The summed E-state index contributed by atoms with van der Waals surface area (Å²) in [5.74, 6) is -0.835. The molecule has 2 N–H and O–H groups in total. The topological polar surface area (TPSA) is 44.5 Å². The van der Waals surface area contributed by atoms with Gasteiger partial charge in [0.2, 0.25) is 0 Å². The van der Waals surface area contributed by atoms with Crippen LogP contribution in [0.3, 0.4) is 0 Å². The van der Waals surface area contributed by atoms with Gasteiger partial charge in [0.05, 0.1) is 22.7 Å². The third-order valence-electron chi connectivity index (χ3n) is 4.25. The van der Waals surface area contributed by atoms with Crippen molar-refractivity contribution in [1.82, 2.24) is 0 Å². The van der Waals surface area contributed by atoms with E-state index < -0.39 is 36.0 Å². The normalized spacial score (nSPS) is 22.0. The lowest BCUT2D eigenvalue weighted by molar-refractivity contribution is -0.137. The summed E-state index contributed by atoms with van der Waals surface area (Å²) in [5.41, 5.74) is 4.47. The van der Waals surface area contributed by atoms with Crippen LogP contribution in [0.1, 0.15) is 44.8 Å². The number of benzene rings is 1. The number of hydrogen-bond donors (Lipinski definition) is 1. The predicted molar refractivity (Wildman–Crippen MR) is 82.2 cm³/mol. The van der Waals surface area contributed by atoms with Gasteiger partial charge in [0, 0.05) is 4.47 Å². The maximum Gasteiger partial charge on any atom is 0.480 e. The highest BCUT2D eigenvalue weighted by Gasteiger charge is 2.53. The molecule has 1 saturated heterocycles. The van der Waals surface area contributed by atoms with Crippen LogP contribution in [0.15, 0.2) is 22.7 Å². The summed E-state index contributed by atoms with van der Waals surface area (Å²) in [4.78, 5) is 0. The number of nitrogens with two attached hydrogens (primary N) is 1. The van der Waals surface area contributed by atoms with Crippen molar-refractivity contribution in [3.8, 4) is 0 Å². The molecule has 0 unspecified atom stereocenters. The van der Waals surface area contributed by atoms with Crippen LogP contribution in [-0.2, 0) is 15.5 Å². The Morgan fingerprint density at radius 2 is 1.64 bits per heavy atom. The van der Waals surface area contributed by atoms with E-state index in [1.54, 1.807) is 0 Å².